The average molecular weight is 264 g/mol. The van der Waals surface area contributed by atoms with Crippen molar-refractivity contribution in [3.05, 3.63) is 35.1 Å². The van der Waals surface area contributed by atoms with Crippen LogP contribution in [0.3, 0.4) is 0 Å². The maximum atomic E-state index is 13.0. The molecule has 0 fully saturated rings. The second kappa shape index (κ2) is 6.97. The van der Waals surface area contributed by atoms with Gasteiger partial charge in [-0.05, 0) is 25.1 Å². The van der Waals surface area contributed by atoms with E-state index in [9.17, 15) is 14.0 Å². The third kappa shape index (κ3) is 4.72. The zero-order valence-electron chi connectivity index (χ0n) is 10.2. The summed E-state index contributed by atoms with van der Waals surface area (Å²) < 4.78 is 13.0. The molecule has 0 amide bonds. The molecule has 0 saturated heterocycles. The second-order valence-corrected chi connectivity index (χ2v) is 4.91. The van der Waals surface area contributed by atoms with Crippen LogP contribution in [0.15, 0.2) is 18.2 Å². The second-order valence-electron chi connectivity index (χ2n) is 3.64. The number of carbonyl (C=O) groups excluding carboxylic acids is 2. The van der Waals surface area contributed by atoms with Crippen LogP contribution in [0, 0.1) is 17.7 Å². The predicted molar refractivity (Wildman–Crippen MR) is 71.0 cm³/mol. The van der Waals surface area contributed by atoms with Gasteiger partial charge in [0.1, 0.15) is 5.82 Å². The number of halogens is 1. The zero-order valence-corrected chi connectivity index (χ0v) is 11.1. The van der Waals surface area contributed by atoms with Gasteiger partial charge in [-0.15, -0.1) is 0 Å². The molecular weight excluding hydrogens is 251 g/mol. The molecule has 18 heavy (non-hydrogen) atoms. The third-order valence-corrected chi connectivity index (χ3v) is 2.93. The summed E-state index contributed by atoms with van der Waals surface area (Å²) >= 11 is 1.21. The highest BCUT2D eigenvalue weighted by atomic mass is 32.2. The van der Waals surface area contributed by atoms with E-state index in [4.69, 9.17) is 0 Å². The van der Waals surface area contributed by atoms with Crippen LogP contribution in [0.5, 0.6) is 0 Å². The number of carbonyl (C=O) groups is 2. The Morgan fingerprint density at radius 2 is 2.06 bits per heavy atom. The van der Waals surface area contributed by atoms with Gasteiger partial charge in [0.25, 0.3) is 0 Å². The van der Waals surface area contributed by atoms with Crippen molar-refractivity contribution in [1.29, 1.82) is 0 Å². The monoisotopic (exact) mass is 264 g/mol. The van der Waals surface area contributed by atoms with E-state index in [2.05, 4.69) is 11.8 Å². The van der Waals surface area contributed by atoms with E-state index in [-0.39, 0.29) is 10.9 Å². The molecule has 2 nitrogen and oxygen atoms in total. The highest BCUT2D eigenvalue weighted by Gasteiger charge is 2.06. The summed E-state index contributed by atoms with van der Waals surface area (Å²) in [4.78, 5) is 22.0. The number of hydrogen-bond donors (Lipinski definition) is 0. The lowest BCUT2D eigenvalue weighted by molar-refractivity contribution is -0.109. The van der Waals surface area contributed by atoms with Crippen molar-refractivity contribution in [3.63, 3.8) is 0 Å². The van der Waals surface area contributed by atoms with Crippen LogP contribution in [-0.4, -0.2) is 16.7 Å². The van der Waals surface area contributed by atoms with E-state index in [1.54, 1.807) is 0 Å². The lowest BCUT2D eigenvalue weighted by Crippen LogP contribution is -1.97. The fraction of sp³-hybridized carbons (Fsp3) is 0.286. The standard InChI is InChI=1S/C14H13FO2S/c1-10(16)14-9-13(15)7-6-12(14)5-3-4-8-18-11(2)17/h6-7,9H,4,8H2,1-2H3. The maximum Gasteiger partial charge on any atom is 0.185 e. The molecule has 94 valence electrons. The van der Waals surface area contributed by atoms with Gasteiger partial charge < -0.3 is 0 Å². The van der Waals surface area contributed by atoms with Gasteiger partial charge in [0.05, 0.1) is 0 Å². The fourth-order valence-electron chi connectivity index (χ4n) is 1.32. The van der Waals surface area contributed by atoms with Crippen molar-refractivity contribution in [2.75, 3.05) is 5.75 Å². The molecule has 0 aromatic heterocycles. The van der Waals surface area contributed by atoms with Crippen LogP contribution in [0.1, 0.15) is 36.2 Å². The lowest BCUT2D eigenvalue weighted by Gasteiger charge is -1.99. The molecule has 1 aromatic carbocycles. The Kier molecular flexibility index (Phi) is 5.60. The normalized spacial score (nSPS) is 9.50. The minimum absolute atomic E-state index is 0.0583. The molecule has 0 aliphatic carbocycles. The van der Waals surface area contributed by atoms with Gasteiger partial charge >= 0.3 is 0 Å². The molecule has 0 aliphatic heterocycles. The van der Waals surface area contributed by atoms with Crippen LogP contribution in [-0.2, 0) is 4.79 Å². The zero-order chi connectivity index (χ0) is 13.5. The summed E-state index contributed by atoms with van der Waals surface area (Å²) in [5.74, 6) is 5.67. The van der Waals surface area contributed by atoms with Crippen molar-refractivity contribution in [3.8, 4) is 11.8 Å². The first-order chi connectivity index (χ1) is 8.50. The van der Waals surface area contributed by atoms with Crippen molar-refractivity contribution < 1.29 is 14.0 Å². The van der Waals surface area contributed by atoms with E-state index in [1.165, 1.54) is 43.8 Å². The lowest BCUT2D eigenvalue weighted by atomic mass is 10.0. The highest BCUT2D eigenvalue weighted by molar-refractivity contribution is 8.13. The largest absolute Gasteiger partial charge is 0.294 e. The highest BCUT2D eigenvalue weighted by Crippen LogP contribution is 2.11. The Morgan fingerprint density at radius 3 is 2.67 bits per heavy atom. The number of hydrogen-bond acceptors (Lipinski definition) is 3. The van der Waals surface area contributed by atoms with Crippen LogP contribution in [0.4, 0.5) is 4.39 Å². The van der Waals surface area contributed by atoms with E-state index in [0.29, 0.717) is 23.3 Å². The molecule has 0 spiro atoms. The van der Waals surface area contributed by atoms with Gasteiger partial charge in [-0.3, -0.25) is 9.59 Å². The summed E-state index contributed by atoms with van der Waals surface area (Å²) in [6.45, 7) is 2.89. The van der Waals surface area contributed by atoms with Crippen molar-refractivity contribution in [2.45, 2.75) is 20.3 Å². The summed E-state index contributed by atoms with van der Waals surface area (Å²) in [7, 11) is 0. The van der Waals surface area contributed by atoms with Gasteiger partial charge in [0, 0.05) is 30.2 Å². The summed E-state index contributed by atoms with van der Waals surface area (Å²) in [5.41, 5.74) is 0.818. The van der Waals surface area contributed by atoms with Gasteiger partial charge in [-0.25, -0.2) is 4.39 Å². The van der Waals surface area contributed by atoms with Crippen LogP contribution >= 0.6 is 11.8 Å². The first kappa shape index (κ1) is 14.5. The number of rotatable bonds is 3. The number of Topliss-reactive ketones (excluding diaryl/α,β-unsaturated/α-hetero) is 1. The number of benzene rings is 1. The molecule has 0 N–H and O–H groups in total. The molecule has 0 saturated carbocycles. The van der Waals surface area contributed by atoms with E-state index in [0.717, 1.165) is 0 Å². The summed E-state index contributed by atoms with van der Waals surface area (Å²) in [6, 6.07) is 3.97. The van der Waals surface area contributed by atoms with Gasteiger partial charge in [0.2, 0.25) is 0 Å². The molecule has 0 heterocycles. The Balaban J connectivity index is 2.75. The smallest absolute Gasteiger partial charge is 0.185 e. The molecule has 1 aromatic rings. The Labute approximate surface area is 110 Å². The van der Waals surface area contributed by atoms with Crippen LogP contribution in [0.25, 0.3) is 0 Å². The fourth-order valence-corrected chi connectivity index (χ4v) is 1.81. The van der Waals surface area contributed by atoms with Crippen LogP contribution in [0.2, 0.25) is 0 Å². The summed E-state index contributed by atoms with van der Waals surface area (Å²) in [6.07, 6.45) is 0.555. The molecule has 1 rings (SSSR count). The first-order valence-corrected chi connectivity index (χ1v) is 6.42. The molecule has 0 aliphatic rings. The van der Waals surface area contributed by atoms with Gasteiger partial charge in [-0.1, -0.05) is 23.6 Å². The minimum atomic E-state index is -0.446. The minimum Gasteiger partial charge on any atom is -0.294 e. The Bertz CT molecular complexity index is 526. The maximum absolute atomic E-state index is 13.0. The van der Waals surface area contributed by atoms with E-state index in [1.807, 2.05) is 0 Å². The van der Waals surface area contributed by atoms with Crippen LogP contribution < -0.4 is 0 Å². The van der Waals surface area contributed by atoms with Gasteiger partial charge in [0.15, 0.2) is 10.9 Å². The van der Waals surface area contributed by atoms with Crippen molar-refractivity contribution in [1.82, 2.24) is 0 Å². The van der Waals surface area contributed by atoms with E-state index < -0.39 is 5.82 Å². The summed E-state index contributed by atoms with van der Waals surface area (Å²) in [5, 5.41) is 0.0583. The van der Waals surface area contributed by atoms with E-state index >= 15 is 0 Å². The predicted octanol–water partition coefficient (Wildman–Crippen LogP) is 3.05. The number of thioether (sulfide) groups is 1. The molecule has 0 unspecified atom stereocenters. The topological polar surface area (TPSA) is 34.1 Å². The first-order valence-electron chi connectivity index (χ1n) is 5.43. The molecule has 0 bridgehead atoms. The quantitative estimate of drug-likeness (QED) is 0.478. The molecular formula is C14H13FO2S. The molecule has 0 radical (unpaired) electrons. The Hall–Kier alpha value is -1.60. The number of ketones is 1. The van der Waals surface area contributed by atoms with Crippen molar-refractivity contribution in [2.24, 2.45) is 0 Å². The molecule has 4 heteroatoms. The average Bonchev–Trinajstić information content (AvgIpc) is 2.29. The third-order valence-electron chi connectivity index (χ3n) is 2.12. The van der Waals surface area contributed by atoms with Crippen molar-refractivity contribution >= 4 is 22.7 Å². The van der Waals surface area contributed by atoms with Gasteiger partial charge in [-0.2, -0.15) is 0 Å². The SMILES string of the molecule is CC(=O)SCCC#Cc1ccc(F)cc1C(C)=O. The Morgan fingerprint density at radius 1 is 1.33 bits per heavy atom. The molecule has 0 atom stereocenters.